The first kappa shape index (κ1) is 21.5. The summed E-state index contributed by atoms with van der Waals surface area (Å²) in [6.45, 7) is 1.44. The lowest BCUT2D eigenvalue weighted by molar-refractivity contribution is 0.0472. The first-order valence-corrected chi connectivity index (χ1v) is 10.4. The van der Waals surface area contributed by atoms with Gasteiger partial charge in [0, 0.05) is 27.1 Å². The van der Waals surface area contributed by atoms with Crippen molar-refractivity contribution in [3.05, 3.63) is 94.5 Å². The molecule has 0 N–H and O–H groups in total. The Balaban J connectivity index is 1.71. The number of nitrogens with zero attached hydrogens (tertiary/aromatic N) is 1. The smallest absolute Gasteiger partial charge is 0.339 e. The molecule has 5 nitrogen and oxygen atoms in total. The van der Waals surface area contributed by atoms with Crippen LogP contribution < -0.4 is 4.74 Å². The van der Waals surface area contributed by atoms with Crippen molar-refractivity contribution in [2.75, 3.05) is 7.11 Å². The van der Waals surface area contributed by atoms with Gasteiger partial charge < -0.3 is 9.47 Å². The van der Waals surface area contributed by atoms with Crippen LogP contribution in [-0.4, -0.2) is 23.8 Å². The number of esters is 1. The fourth-order valence-electron chi connectivity index (χ4n) is 3.48. The van der Waals surface area contributed by atoms with Crippen molar-refractivity contribution in [2.45, 2.75) is 13.5 Å². The van der Waals surface area contributed by atoms with Crippen LogP contribution >= 0.6 is 11.6 Å². The van der Waals surface area contributed by atoms with Crippen LogP contribution in [0.15, 0.2) is 72.8 Å². The first-order valence-electron chi connectivity index (χ1n) is 9.97. The number of Topliss-reactive ketones (excluding diaryl/α,β-unsaturated/α-hetero) is 1. The molecule has 0 saturated heterocycles. The predicted octanol–water partition coefficient (Wildman–Crippen LogP) is 6.12. The standard InChI is InChI=1S/C26H20ClNO4/c1-16(29)17-11-12-25(31-2)18(13-17)15-32-26(30)21-14-24(20-8-3-5-9-22(20)27)28-23-10-6-4-7-19(21)23/h3-14H,15H2,1-2H3. The van der Waals surface area contributed by atoms with Gasteiger partial charge in [-0.05, 0) is 43.3 Å². The average Bonchev–Trinajstić information content (AvgIpc) is 2.81. The van der Waals surface area contributed by atoms with Crippen molar-refractivity contribution in [1.29, 1.82) is 0 Å². The molecule has 0 aliphatic heterocycles. The van der Waals surface area contributed by atoms with E-state index < -0.39 is 5.97 Å². The zero-order chi connectivity index (χ0) is 22.7. The number of methoxy groups -OCH3 is 1. The van der Waals surface area contributed by atoms with E-state index in [1.165, 1.54) is 14.0 Å². The number of hydrogen-bond donors (Lipinski definition) is 0. The fraction of sp³-hybridized carbons (Fsp3) is 0.115. The van der Waals surface area contributed by atoms with Gasteiger partial charge in [0.25, 0.3) is 0 Å². The van der Waals surface area contributed by atoms with Gasteiger partial charge in [0.05, 0.1) is 23.9 Å². The summed E-state index contributed by atoms with van der Waals surface area (Å²) < 4.78 is 11.0. The number of fused-ring (bicyclic) bond motifs is 1. The molecule has 0 spiro atoms. The van der Waals surface area contributed by atoms with Gasteiger partial charge in [0.2, 0.25) is 0 Å². The highest BCUT2D eigenvalue weighted by molar-refractivity contribution is 6.33. The molecule has 0 fully saturated rings. The predicted molar refractivity (Wildman–Crippen MR) is 124 cm³/mol. The van der Waals surface area contributed by atoms with Gasteiger partial charge in [0.1, 0.15) is 12.4 Å². The van der Waals surface area contributed by atoms with E-state index in [2.05, 4.69) is 4.98 Å². The van der Waals surface area contributed by atoms with Crippen LogP contribution in [0.1, 0.15) is 33.2 Å². The van der Waals surface area contributed by atoms with E-state index in [1.54, 1.807) is 30.3 Å². The number of aromatic nitrogens is 1. The van der Waals surface area contributed by atoms with Gasteiger partial charge >= 0.3 is 5.97 Å². The molecule has 1 aromatic heterocycles. The van der Waals surface area contributed by atoms with E-state index in [-0.39, 0.29) is 12.4 Å². The lowest BCUT2D eigenvalue weighted by Gasteiger charge is -2.13. The quantitative estimate of drug-likeness (QED) is 0.264. The van der Waals surface area contributed by atoms with E-state index >= 15 is 0 Å². The molecule has 3 aromatic carbocycles. The molecule has 160 valence electrons. The third-order valence-electron chi connectivity index (χ3n) is 5.13. The monoisotopic (exact) mass is 445 g/mol. The largest absolute Gasteiger partial charge is 0.496 e. The van der Waals surface area contributed by atoms with E-state index in [0.29, 0.717) is 44.1 Å². The molecule has 0 unspecified atom stereocenters. The van der Waals surface area contributed by atoms with Crippen LogP contribution in [-0.2, 0) is 11.3 Å². The van der Waals surface area contributed by atoms with Gasteiger partial charge in [0.15, 0.2) is 5.78 Å². The number of carbonyl (C=O) groups excluding carboxylic acids is 2. The maximum absolute atomic E-state index is 13.1. The number of benzene rings is 3. The van der Waals surface area contributed by atoms with Gasteiger partial charge in [-0.3, -0.25) is 4.79 Å². The van der Waals surface area contributed by atoms with Crippen LogP contribution in [0.5, 0.6) is 5.75 Å². The Kier molecular flexibility index (Phi) is 6.19. The Hall–Kier alpha value is -3.70. The molecule has 32 heavy (non-hydrogen) atoms. The molecular formula is C26H20ClNO4. The topological polar surface area (TPSA) is 65.5 Å². The number of ketones is 1. The summed E-state index contributed by atoms with van der Waals surface area (Å²) >= 11 is 6.36. The fourth-order valence-corrected chi connectivity index (χ4v) is 3.72. The molecule has 0 radical (unpaired) electrons. The molecular weight excluding hydrogens is 426 g/mol. The summed E-state index contributed by atoms with van der Waals surface area (Å²) in [4.78, 5) is 29.5. The molecule has 6 heteroatoms. The van der Waals surface area contributed by atoms with Crippen LogP contribution in [0.25, 0.3) is 22.2 Å². The van der Waals surface area contributed by atoms with E-state index in [1.807, 2.05) is 42.5 Å². The number of ether oxygens (including phenoxy) is 2. The Morgan fingerprint density at radius 1 is 0.969 bits per heavy atom. The molecule has 0 atom stereocenters. The Labute approximate surface area is 190 Å². The summed E-state index contributed by atoms with van der Waals surface area (Å²) in [6, 6.07) is 21.4. The van der Waals surface area contributed by atoms with Gasteiger partial charge in [-0.2, -0.15) is 0 Å². The minimum atomic E-state index is -0.507. The van der Waals surface area contributed by atoms with Gasteiger partial charge in [-0.25, -0.2) is 9.78 Å². The Morgan fingerprint density at radius 2 is 1.72 bits per heavy atom. The van der Waals surface area contributed by atoms with Crippen molar-refractivity contribution in [1.82, 2.24) is 4.98 Å². The molecule has 0 saturated carbocycles. The number of hydrogen-bond acceptors (Lipinski definition) is 5. The van der Waals surface area contributed by atoms with E-state index in [0.717, 1.165) is 5.56 Å². The van der Waals surface area contributed by atoms with Gasteiger partial charge in [-0.15, -0.1) is 0 Å². The lowest BCUT2D eigenvalue weighted by atomic mass is 10.0. The highest BCUT2D eigenvalue weighted by Gasteiger charge is 2.17. The van der Waals surface area contributed by atoms with Crippen LogP contribution in [0, 0.1) is 0 Å². The molecule has 4 rings (SSSR count). The maximum Gasteiger partial charge on any atom is 0.339 e. The van der Waals surface area contributed by atoms with E-state index in [4.69, 9.17) is 21.1 Å². The SMILES string of the molecule is COc1ccc(C(C)=O)cc1COC(=O)c1cc(-c2ccccc2Cl)nc2ccccc12. The number of carbonyl (C=O) groups is 2. The van der Waals surface area contributed by atoms with Crippen LogP contribution in [0.2, 0.25) is 5.02 Å². The van der Waals surface area contributed by atoms with Crippen molar-refractivity contribution >= 4 is 34.3 Å². The summed E-state index contributed by atoms with van der Waals surface area (Å²) in [5.74, 6) is -0.0453. The second-order valence-electron chi connectivity index (χ2n) is 7.21. The summed E-state index contributed by atoms with van der Waals surface area (Å²) in [6.07, 6.45) is 0. The lowest BCUT2D eigenvalue weighted by Crippen LogP contribution is -2.08. The third kappa shape index (κ3) is 4.34. The number of halogens is 1. The zero-order valence-corrected chi connectivity index (χ0v) is 18.3. The van der Waals surface area contributed by atoms with Crippen LogP contribution in [0.4, 0.5) is 0 Å². The summed E-state index contributed by atoms with van der Waals surface area (Å²) in [7, 11) is 1.53. The summed E-state index contributed by atoms with van der Waals surface area (Å²) in [5.41, 5.74) is 3.48. The Morgan fingerprint density at radius 3 is 2.47 bits per heavy atom. The van der Waals surface area contributed by atoms with Crippen molar-refractivity contribution in [2.24, 2.45) is 0 Å². The molecule has 4 aromatic rings. The van der Waals surface area contributed by atoms with Crippen LogP contribution in [0.3, 0.4) is 0 Å². The Bertz CT molecular complexity index is 1330. The minimum Gasteiger partial charge on any atom is -0.496 e. The molecule has 1 heterocycles. The van der Waals surface area contributed by atoms with Crippen molar-refractivity contribution in [3.8, 4) is 17.0 Å². The summed E-state index contributed by atoms with van der Waals surface area (Å²) in [5, 5.41) is 1.22. The van der Waals surface area contributed by atoms with Crippen molar-refractivity contribution < 1.29 is 19.1 Å². The number of rotatable bonds is 6. The van der Waals surface area contributed by atoms with Crippen molar-refractivity contribution in [3.63, 3.8) is 0 Å². The maximum atomic E-state index is 13.1. The minimum absolute atomic E-state index is 0.0405. The van der Waals surface area contributed by atoms with Gasteiger partial charge in [-0.1, -0.05) is 48.0 Å². The second-order valence-corrected chi connectivity index (χ2v) is 7.62. The molecule has 0 aliphatic carbocycles. The molecule has 0 aliphatic rings. The normalized spacial score (nSPS) is 10.7. The third-order valence-corrected chi connectivity index (χ3v) is 5.46. The number of para-hydroxylation sites is 1. The zero-order valence-electron chi connectivity index (χ0n) is 17.6. The number of pyridine rings is 1. The highest BCUT2D eigenvalue weighted by Crippen LogP contribution is 2.30. The highest BCUT2D eigenvalue weighted by atomic mass is 35.5. The molecule has 0 bridgehead atoms. The second kappa shape index (κ2) is 9.20. The average molecular weight is 446 g/mol. The van der Waals surface area contributed by atoms with E-state index in [9.17, 15) is 9.59 Å². The first-order chi connectivity index (χ1) is 15.5. The molecule has 0 amide bonds.